The van der Waals surface area contributed by atoms with E-state index >= 15 is 0 Å². The highest BCUT2D eigenvalue weighted by molar-refractivity contribution is 7.11. The van der Waals surface area contributed by atoms with Gasteiger partial charge in [-0.1, -0.05) is 0 Å². The fraction of sp³-hybridized carbons (Fsp3) is 0.188. The summed E-state index contributed by atoms with van der Waals surface area (Å²) in [5.74, 6) is 0.431. The lowest BCUT2D eigenvalue weighted by molar-refractivity contribution is 0.628. The molecule has 0 amide bonds. The van der Waals surface area contributed by atoms with Gasteiger partial charge in [-0.2, -0.15) is 0 Å². The Balaban J connectivity index is 1.67. The number of anilines is 1. The molecule has 6 heteroatoms. The zero-order valence-corrected chi connectivity index (χ0v) is 13.1. The van der Waals surface area contributed by atoms with Crippen molar-refractivity contribution in [3.8, 4) is 11.3 Å². The maximum Gasteiger partial charge on any atom is 0.149 e. The lowest BCUT2D eigenvalue weighted by Gasteiger charge is -2.04. The Kier molecular flexibility index (Phi) is 4.11. The zero-order chi connectivity index (χ0) is 15.5. The van der Waals surface area contributed by atoms with Crippen LogP contribution in [0.1, 0.15) is 15.6 Å². The van der Waals surface area contributed by atoms with Gasteiger partial charge in [0.2, 0.25) is 0 Å². The molecular weight excluding hydrogens is 299 g/mol. The molecule has 1 N–H and O–H groups in total. The first-order valence-corrected chi connectivity index (χ1v) is 7.70. The van der Waals surface area contributed by atoms with Crippen molar-refractivity contribution in [1.82, 2.24) is 15.2 Å². The van der Waals surface area contributed by atoms with Crippen LogP contribution in [0.25, 0.3) is 11.3 Å². The molecular formula is C16H15FN4S. The van der Waals surface area contributed by atoms with Crippen LogP contribution in [0.3, 0.4) is 0 Å². The van der Waals surface area contributed by atoms with Gasteiger partial charge in [0, 0.05) is 10.4 Å². The van der Waals surface area contributed by atoms with E-state index in [1.165, 1.54) is 17.0 Å². The molecule has 2 aromatic heterocycles. The largest absolute Gasteiger partial charge is 0.362 e. The number of hydrogen-bond acceptors (Lipinski definition) is 5. The topological polar surface area (TPSA) is 50.7 Å². The number of nitrogens with zero attached hydrogens (tertiary/aromatic N) is 3. The van der Waals surface area contributed by atoms with Gasteiger partial charge in [0.1, 0.15) is 16.6 Å². The number of nitrogens with one attached hydrogen (secondary N) is 1. The van der Waals surface area contributed by atoms with E-state index in [1.807, 2.05) is 19.1 Å². The molecule has 22 heavy (non-hydrogen) atoms. The van der Waals surface area contributed by atoms with Crippen LogP contribution in [0.2, 0.25) is 0 Å². The van der Waals surface area contributed by atoms with Gasteiger partial charge in [-0.05, 0) is 50.2 Å². The van der Waals surface area contributed by atoms with Gasteiger partial charge in [0.15, 0.2) is 0 Å². The summed E-state index contributed by atoms with van der Waals surface area (Å²) >= 11 is 1.68. The van der Waals surface area contributed by atoms with Crippen molar-refractivity contribution < 1.29 is 4.39 Å². The van der Waals surface area contributed by atoms with E-state index in [1.54, 1.807) is 23.5 Å². The summed E-state index contributed by atoms with van der Waals surface area (Å²) in [5.41, 5.74) is 2.62. The van der Waals surface area contributed by atoms with Gasteiger partial charge < -0.3 is 5.32 Å². The maximum absolute atomic E-state index is 12.9. The Labute approximate surface area is 132 Å². The average molecular weight is 314 g/mol. The van der Waals surface area contributed by atoms with E-state index in [0.29, 0.717) is 18.1 Å². The van der Waals surface area contributed by atoms with Gasteiger partial charge in [0.25, 0.3) is 0 Å². The smallest absolute Gasteiger partial charge is 0.149 e. The first-order chi connectivity index (χ1) is 10.6. The van der Waals surface area contributed by atoms with Crippen LogP contribution in [-0.2, 0) is 6.54 Å². The molecule has 2 heterocycles. The number of halogens is 1. The molecule has 0 saturated carbocycles. The molecule has 0 aliphatic rings. The molecule has 0 radical (unpaired) electrons. The highest BCUT2D eigenvalue weighted by atomic mass is 32.1. The van der Waals surface area contributed by atoms with Crippen LogP contribution in [0.5, 0.6) is 0 Å². The molecule has 0 unspecified atom stereocenters. The van der Waals surface area contributed by atoms with Gasteiger partial charge in [-0.25, -0.2) is 9.37 Å². The fourth-order valence-electron chi connectivity index (χ4n) is 1.98. The number of benzene rings is 1. The Morgan fingerprint density at radius 1 is 1.05 bits per heavy atom. The fourth-order valence-corrected chi connectivity index (χ4v) is 2.86. The van der Waals surface area contributed by atoms with Crippen LogP contribution in [0, 0.1) is 19.7 Å². The monoisotopic (exact) mass is 314 g/mol. The van der Waals surface area contributed by atoms with Gasteiger partial charge in [-0.3, -0.25) is 0 Å². The third kappa shape index (κ3) is 3.28. The number of aromatic nitrogens is 3. The molecule has 0 bridgehead atoms. The summed E-state index contributed by atoms with van der Waals surface area (Å²) in [6.07, 6.45) is 0. The molecule has 0 spiro atoms. The Morgan fingerprint density at radius 3 is 2.41 bits per heavy atom. The van der Waals surface area contributed by atoms with Crippen LogP contribution in [0.15, 0.2) is 36.4 Å². The van der Waals surface area contributed by atoms with Gasteiger partial charge >= 0.3 is 0 Å². The predicted octanol–water partition coefficient (Wildman–Crippen LogP) is 3.97. The van der Waals surface area contributed by atoms with E-state index in [9.17, 15) is 4.39 Å². The second-order valence-electron chi connectivity index (χ2n) is 4.91. The number of thiazole rings is 1. The van der Waals surface area contributed by atoms with Crippen LogP contribution in [-0.4, -0.2) is 15.2 Å². The lowest BCUT2D eigenvalue weighted by atomic mass is 10.1. The summed E-state index contributed by atoms with van der Waals surface area (Å²) in [6.45, 7) is 4.70. The van der Waals surface area contributed by atoms with E-state index in [4.69, 9.17) is 0 Å². The summed E-state index contributed by atoms with van der Waals surface area (Å²) < 4.78 is 12.9. The minimum Gasteiger partial charge on any atom is -0.362 e. The van der Waals surface area contributed by atoms with Crippen LogP contribution >= 0.6 is 11.3 Å². The summed E-state index contributed by atoms with van der Waals surface area (Å²) in [7, 11) is 0. The van der Waals surface area contributed by atoms with E-state index in [-0.39, 0.29) is 5.82 Å². The third-order valence-electron chi connectivity index (χ3n) is 3.30. The van der Waals surface area contributed by atoms with Crippen LogP contribution < -0.4 is 5.32 Å². The summed E-state index contributed by atoms with van der Waals surface area (Å²) in [4.78, 5) is 5.70. The van der Waals surface area contributed by atoms with Gasteiger partial charge in [-0.15, -0.1) is 21.5 Å². The van der Waals surface area contributed by atoms with Crippen LogP contribution in [0.4, 0.5) is 10.2 Å². The number of rotatable bonds is 4. The molecule has 3 rings (SSSR count). The lowest BCUT2D eigenvalue weighted by Crippen LogP contribution is -2.02. The SMILES string of the molecule is Cc1nc(CNc2ccc(-c3ccc(F)cc3)nn2)sc1C. The first kappa shape index (κ1) is 14.6. The average Bonchev–Trinajstić information content (AvgIpc) is 2.85. The molecule has 4 nitrogen and oxygen atoms in total. The molecule has 0 atom stereocenters. The molecule has 0 aliphatic heterocycles. The summed E-state index contributed by atoms with van der Waals surface area (Å²) in [6, 6.07) is 9.92. The Morgan fingerprint density at radius 2 is 1.82 bits per heavy atom. The van der Waals surface area contributed by atoms with Crippen molar-refractivity contribution in [2.75, 3.05) is 5.32 Å². The highest BCUT2D eigenvalue weighted by Gasteiger charge is 2.05. The van der Waals surface area contributed by atoms with Crippen molar-refractivity contribution in [2.24, 2.45) is 0 Å². The Hall–Kier alpha value is -2.34. The Bertz CT molecular complexity index is 746. The van der Waals surface area contributed by atoms with Crippen molar-refractivity contribution in [3.63, 3.8) is 0 Å². The normalized spacial score (nSPS) is 10.7. The highest BCUT2D eigenvalue weighted by Crippen LogP contribution is 2.19. The van der Waals surface area contributed by atoms with Crippen molar-refractivity contribution in [2.45, 2.75) is 20.4 Å². The predicted molar refractivity (Wildman–Crippen MR) is 86.3 cm³/mol. The molecule has 3 aromatic rings. The second kappa shape index (κ2) is 6.19. The standard InChI is InChI=1S/C16H15FN4S/c1-10-11(2)22-16(19-10)9-18-15-8-7-14(20-21-15)12-3-5-13(17)6-4-12/h3-8H,9H2,1-2H3,(H,18,21). The maximum atomic E-state index is 12.9. The minimum atomic E-state index is -0.260. The van der Waals surface area contributed by atoms with E-state index < -0.39 is 0 Å². The first-order valence-electron chi connectivity index (χ1n) is 6.88. The van der Waals surface area contributed by atoms with Gasteiger partial charge in [0.05, 0.1) is 17.9 Å². The van der Waals surface area contributed by atoms with E-state index in [2.05, 4.69) is 27.4 Å². The number of hydrogen-bond donors (Lipinski definition) is 1. The van der Waals surface area contributed by atoms with Crippen molar-refractivity contribution in [3.05, 3.63) is 57.8 Å². The molecule has 0 aliphatic carbocycles. The molecule has 0 fully saturated rings. The third-order valence-corrected chi connectivity index (χ3v) is 4.37. The van der Waals surface area contributed by atoms with Crippen molar-refractivity contribution in [1.29, 1.82) is 0 Å². The summed E-state index contributed by atoms with van der Waals surface area (Å²) in [5, 5.41) is 12.5. The zero-order valence-electron chi connectivity index (χ0n) is 12.3. The second-order valence-corrected chi connectivity index (χ2v) is 6.20. The molecule has 1 aromatic carbocycles. The molecule has 0 saturated heterocycles. The quantitative estimate of drug-likeness (QED) is 0.791. The molecule has 112 valence electrons. The number of aryl methyl sites for hydroxylation is 2. The van der Waals surface area contributed by atoms with Crippen molar-refractivity contribution >= 4 is 17.2 Å². The van der Waals surface area contributed by atoms with E-state index in [0.717, 1.165) is 16.3 Å². The minimum absolute atomic E-state index is 0.260.